The molecular weight excluding hydrogens is 373 g/mol. The predicted molar refractivity (Wildman–Crippen MR) is 104 cm³/mol. The third-order valence-corrected chi connectivity index (χ3v) is 5.45. The van der Waals surface area contributed by atoms with E-state index in [4.69, 9.17) is 11.6 Å². The van der Waals surface area contributed by atoms with E-state index in [9.17, 15) is 14.3 Å². The lowest BCUT2D eigenvalue weighted by Crippen LogP contribution is -2.12. The molecule has 0 saturated heterocycles. The molecule has 0 radical (unpaired) electrons. The first-order chi connectivity index (χ1) is 12.5. The molecule has 1 atom stereocenters. The largest absolute Gasteiger partial charge is 0.393 e. The Morgan fingerprint density at radius 3 is 2.92 bits per heavy atom. The summed E-state index contributed by atoms with van der Waals surface area (Å²) in [4.78, 5) is 14.5. The van der Waals surface area contributed by atoms with Gasteiger partial charge in [-0.15, -0.1) is 0 Å². The second-order valence-corrected chi connectivity index (χ2v) is 7.78. The number of thioether (sulfide) groups is 1. The topological polar surface area (TPSA) is 49.3 Å². The monoisotopic (exact) mass is 391 g/mol. The Morgan fingerprint density at radius 1 is 1.27 bits per heavy atom. The number of nitrogens with one attached hydrogen (secondary N) is 1. The Hall–Kier alpha value is -1.82. The molecule has 1 aliphatic rings. The Labute approximate surface area is 161 Å². The smallest absolute Gasteiger partial charge is 0.255 e. The molecule has 0 fully saturated rings. The number of hydrogen-bond acceptors (Lipinski definition) is 3. The molecule has 0 bridgehead atoms. The van der Waals surface area contributed by atoms with Crippen molar-refractivity contribution in [3.05, 3.63) is 69.8 Å². The minimum Gasteiger partial charge on any atom is -0.393 e. The number of rotatable bonds is 4. The number of allylic oxidation sites excluding steroid dienone is 1. The van der Waals surface area contributed by atoms with E-state index in [1.165, 1.54) is 18.2 Å². The molecule has 6 heteroatoms. The number of carbonyl (C=O) groups is 1. The summed E-state index contributed by atoms with van der Waals surface area (Å²) in [7, 11) is 0. The van der Waals surface area contributed by atoms with Crippen LogP contribution in [-0.4, -0.2) is 17.1 Å². The lowest BCUT2D eigenvalue weighted by Gasteiger charge is -2.11. The van der Waals surface area contributed by atoms with Crippen LogP contribution in [-0.2, 0) is 0 Å². The number of hydrogen-bond donors (Lipinski definition) is 2. The lowest BCUT2D eigenvalue weighted by atomic mass is 10.2. The molecule has 2 N–H and O–H groups in total. The van der Waals surface area contributed by atoms with Gasteiger partial charge >= 0.3 is 0 Å². The Kier molecular flexibility index (Phi) is 6.35. The highest BCUT2D eigenvalue weighted by molar-refractivity contribution is 8.03. The van der Waals surface area contributed by atoms with Crippen molar-refractivity contribution in [2.24, 2.45) is 0 Å². The quantitative estimate of drug-likeness (QED) is 0.708. The molecule has 0 heterocycles. The van der Waals surface area contributed by atoms with Crippen LogP contribution in [0.3, 0.4) is 0 Å². The van der Waals surface area contributed by atoms with Crippen molar-refractivity contribution in [2.45, 2.75) is 36.7 Å². The van der Waals surface area contributed by atoms with E-state index < -0.39 is 5.82 Å². The summed E-state index contributed by atoms with van der Waals surface area (Å²) in [5.74, 6) is -0.813. The Morgan fingerprint density at radius 2 is 2.12 bits per heavy atom. The van der Waals surface area contributed by atoms with Gasteiger partial charge in [-0.05, 0) is 60.6 Å². The molecule has 0 saturated carbocycles. The van der Waals surface area contributed by atoms with Crippen LogP contribution in [0.25, 0.3) is 0 Å². The highest BCUT2D eigenvalue weighted by Gasteiger charge is 2.14. The van der Waals surface area contributed by atoms with Crippen molar-refractivity contribution in [1.29, 1.82) is 0 Å². The van der Waals surface area contributed by atoms with Crippen LogP contribution in [0, 0.1) is 5.82 Å². The zero-order valence-electron chi connectivity index (χ0n) is 14.0. The van der Waals surface area contributed by atoms with Gasteiger partial charge in [0.2, 0.25) is 0 Å². The molecular formula is C20H19ClFNO2S. The van der Waals surface area contributed by atoms with Crippen molar-refractivity contribution in [1.82, 2.24) is 0 Å². The summed E-state index contributed by atoms with van der Waals surface area (Å²) in [6, 6.07) is 11.4. The molecule has 0 aliphatic heterocycles. The normalized spacial score (nSPS) is 17.3. The van der Waals surface area contributed by atoms with E-state index in [2.05, 4.69) is 11.4 Å². The predicted octanol–water partition coefficient (Wildman–Crippen LogP) is 5.64. The van der Waals surface area contributed by atoms with E-state index in [0.29, 0.717) is 17.7 Å². The van der Waals surface area contributed by atoms with Crippen LogP contribution in [0.15, 0.2) is 58.3 Å². The van der Waals surface area contributed by atoms with Gasteiger partial charge in [0.25, 0.3) is 5.91 Å². The van der Waals surface area contributed by atoms with E-state index in [-0.39, 0.29) is 17.0 Å². The molecule has 1 amide bonds. The number of benzene rings is 2. The SMILES string of the molecule is O=C(Nc1ccc(F)c(Cl)c1)c1cccc(SC2=CCCC[C@@H](O)C2)c1. The summed E-state index contributed by atoms with van der Waals surface area (Å²) in [5, 5.41) is 12.6. The fraction of sp³-hybridized carbons (Fsp3) is 0.250. The molecule has 3 nitrogen and oxygen atoms in total. The molecule has 2 aromatic rings. The van der Waals surface area contributed by atoms with Crippen molar-refractivity contribution in [2.75, 3.05) is 5.32 Å². The van der Waals surface area contributed by atoms with Gasteiger partial charge in [-0.2, -0.15) is 0 Å². The van der Waals surface area contributed by atoms with Crippen LogP contribution in [0.5, 0.6) is 0 Å². The first-order valence-corrected chi connectivity index (χ1v) is 9.62. The minimum atomic E-state index is -0.526. The van der Waals surface area contributed by atoms with Crippen molar-refractivity contribution >= 4 is 35.0 Å². The van der Waals surface area contributed by atoms with E-state index in [0.717, 1.165) is 29.1 Å². The number of aliphatic hydroxyl groups excluding tert-OH is 1. The summed E-state index contributed by atoms with van der Waals surface area (Å²) in [5.41, 5.74) is 0.944. The number of anilines is 1. The van der Waals surface area contributed by atoms with E-state index in [1.54, 1.807) is 17.8 Å². The van der Waals surface area contributed by atoms with Crippen LogP contribution >= 0.6 is 23.4 Å². The fourth-order valence-corrected chi connectivity index (χ4v) is 4.04. The van der Waals surface area contributed by atoms with Gasteiger partial charge in [-0.1, -0.05) is 35.5 Å². The highest BCUT2D eigenvalue weighted by atomic mass is 35.5. The van der Waals surface area contributed by atoms with E-state index in [1.807, 2.05) is 18.2 Å². The molecule has 136 valence electrons. The number of carbonyl (C=O) groups excluding carboxylic acids is 1. The standard InChI is InChI=1S/C20H19ClFNO2S/c21-18-11-14(8-9-19(18)22)23-20(25)13-4-3-7-16(10-13)26-17-6-2-1-5-15(24)12-17/h3-4,6-11,15,24H,1-2,5,12H2,(H,23,25)/t15-/m1/s1. The second-order valence-electron chi connectivity index (χ2n) is 6.17. The maximum Gasteiger partial charge on any atom is 0.255 e. The average Bonchev–Trinajstić information content (AvgIpc) is 2.82. The molecule has 26 heavy (non-hydrogen) atoms. The van der Waals surface area contributed by atoms with Gasteiger partial charge in [0.05, 0.1) is 11.1 Å². The zero-order valence-corrected chi connectivity index (χ0v) is 15.6. The van der Waals surface area contributed by atoms with Crippen molar-refractivity contribution in [3.8, 4) is 0 Å². The average molecular weight is 392 g/mol. The third-order valence-electron chi connectivity index (χ3n) is 4.07. The number of halogens is 2. The van der Waals surface area contributed by atoms with Gasteiger partial charge in [0.15, 0.2) is 0 Å². The van der Waals surface area contributed by atoms with Crippen LogP contribution < -0.4 is 5.32 Å². The van der Waals surface area contributed by atoms with Crippen molar-refractivity contribution < 1.29 is 14.3 Å². The minimum absolute atomic E-state index is 0.0361. The van der Waals surface area contributed by atoms with Gasteiger partial charge in [-0.25, -0.2) is 4.39 Å². The lowest BCUT2D eigenvalue weighted by molar-refractivity contribution is 0.102. The molecule has 0 aromatic heterocycles. The maximum atomic E-state index is 13.2. The summed E-state index contributed by atoms with van der Waals surface area (Å²) < 4.78 is 13.2. The first kappa shape index (κ1) is 19.0. The summed E-state index contributed by atoms with van der Waals surface area (Å²) in [6.45, 7) is 0. The van der Waals surface area contributed by atoms with Gasteiger partial charge in [0, 0.05) is 22.6 Å². The fourth-order valence-electron chi connectivity index (χ4n) is 2.75. The van der Waals surface area contributed by atoms with Gasteiger partial charge in [-0.3, -0.25) is 4.79 Å². The van der Waals surface area contributed by atoms with Crippen molar-refractivity contribution in [3.63, 3.8) is 0 Å². The van der Waals surface area contributed by atoms with Gasteiger partial charge in [0.1, 0.15) is 5.82 Å². The Bertz CT molecular complexity index is 840. The van der Waals surface area contributed by atoms with E-state index >= 15 is 0 Å². The second kappa shape index (κ2) is 8.71. The van der Waals surface area contributed by atoms with Crippen LogP contribution in [0.1, 0.15) is 36.0 Å². The maximum absolute atomic E-state index is 13.2. The first-order valence-electron chi connectivity index (χ1n) is 8.42. The number of aliphatic hydroxyl groups is 1. The molecule has 0 unspecified atom stereocenters. The summed E-state index contributed by atoms with van der Waals surface area (Å²) in [6.07, 6.45) is 5.29. The van der Waals surface area contributed by atoms with Crippen LogP contribution in [0.4, 0.5) is 10.1 Å². The molecule has 3 rings (SSSR count). The van der Waals surface area contributed by atoms with Gasteiger partial charge < -0.3 is 10.4 Å². The highest BCUT2D eigenvalue weighted by Crippen LogP contribution is 2.33. The zero-order chi connectivity index (χ0) is 18.5. The van der Waals surface area contributed by atoms with Crippen LogP contribution in [0.2, 0.25) is 5.02 Å². The number of amides is 1. The molecule has 0 spiro atoms. The molecule has 2 aromatic carbocycles. The molecule has 1 aliphatic carbocycles. The summed E-state index contributed by atoms with van der Waals surface area (Å²) >= 11 is 7.32. The third kappa shape index (κ3) is 5.10. The Balaban J connectivity index is 1.70.